The number of carbonyl (C=O) groups excluding carboxylic acids is 2. The molecule has 0 aromatic heterocycles. The van der Waals surface area contributed by atoms with E-state index >= 15 is 0 Å². The standard InChI is InChI=1S/C22H24N2O2/c1-14-10-15(2)12-18(11-14)21(25)23-19-8-7-16-4-3-9-24(20(16)13-19)22(26)17-5-6-17/h7-8,10-13,17H,3-6,9H2,1-2H3,(H,23,25). The summed E-state index contributed by atoms with van der Waals surface area (Å²) in [4.78, 5) is 27.1. The molecule has 4 nitrogen and oxygen atoms in total. The summed E-state index contributed by atoms with van der Waals surface area (Å²) >= 11 is 0. The third kappa shape index (κ3) is 3.36. The third-order valence-corrected chi connectivity index (χ3v) is 5.14. The molecule has 26 heavy (non-hydrogen) atoms. The largest absolute Gasteiger partial charge is 0.322 e. The average Bonchev–Trinajstić information content (AvgIpc) is 3.45. The van der Waals surface area contributed by atoms with Crippen LogP contribution in [0, 0.1) is 19.8 Å². The zero-order valence-corrected chi connectivity index (χ0v) is 15.3. The fraction of sp³-hybridized carbons (Fsp3) is 0.364. The van der Waals surface area contributed by atoms with E-state index in [0.717, 1.165) is 54.7 Å². The zero-order valence-electron chi connectivity index (χ0n) is 15.3. The number of benzene rings is 2. The lowest BCUT2D eigenvalue weighted by Gasteiger charge is -2.30. The van der Waals surface area contributed by atoms with Crippen molar-refractivity contribution in [1.29, 1.82) is 0 Å². The van der Waals surface area contributed by atoms with Gasteiger partial charge in [-0.2, -0.15) is 0 Å². The first-order valence-electron chi connectivity index (χ1n) is 9.35. The maximum atomic E-state index is 12.6. The molecule has 0 atom stereocenters. The fourth-order valence-electron chi connectivity index (χ4n) is 3.74. The van der Waals surface area contributed by atoms with E-state index in [9.17, 15) is 9.59 Å². The maximum Gasteiger partial charge on any atom is 0.255 e. The van der Waals surface area contributed by atoms with Crippen molar-refractivity contribution in [3.8, 4) is 0 Å². The average molecular weight is 348 g/mol. The molecule has 1 fully saturated rings. The number of fused-ring (bicyclic) bond motifs is 1. The fourth-order valence-corrected chi connectivity index (χ4v) is 3.74. The van der Waals surface area contributed by atoms with Crippen molar-refractivity contribution < 1.29 is 9.59 Å². The first-order chi connectivity index (χ1) is 12.5. The van der Waals surface area contributed by atoms with Gasteiger partial charge in [0, 0.05) is 29.4 Å². The van der Waals surface area contributed by atoms with Crippen LogP contribution in [0.2, 0.25) is 0 Å². The third-order valence-electron chi connectivity index (χ3n) is 5.14. The van der Waals surface area contributed by atoms with Crippen LogP contribution in [0.1, 0.15) is 46.3 Å². The zero-order chi connectivity index (χ0) is 18.3. The lowest BCUT2D eigenvalue weighted by Crippen LogP contribution is -2.36. The number of carbonyl (C=O) groups is 2. The summed E-state index contributed by atoms with van der Waals surface area (Å²) in [5, 5.41) is 2.99. The number of anilines is 2. The molecule has 4 heteroatoms. The smallest absolute Gasteiger partial charge is 0.255 e. The molecular weight excluding hydrogens is 324 g/mol. The highest BCUT2D eigenvalue weighted by molar-refractivity contribution is 6.05. The molecule has 0 spiro atoms. The first-order valence-corrected chi connectivity index (χ1v) is 9.35. The van der Waals surface area contributed by atoms with Gasteiger partial charge >= 0.3 is 0 Å². The molecule has 1 N–H and O–H groups in total. The van der Waals surface area contributed by atoms with Gasteiger partial charge in [0.2, 0.25) is 5.91 Å². The van der Waals surface area contributed by atoms with Crippen LogP contribution in [0.4, 0.5) is 11.4 Å². The number of nitrogens with zero attached hydrogens (tertiary/aromatic N) is 1. The summed E-state index contributed by atoms with van der Waals surface area (Å²) in [5.41, 5.74) is 5.69. The molecule has 0 unspecified atom stereocenters. The predicted octanol–water partition coefficient (Wildman–Crippen LogP) is 4.24. The molecule has 0 saturated heterocycles. The summed E-state index contributed by atoms with van der Waals surface area (Å²) in [6.07, 6.45) is 4.00. The molecule has 1 saturated carbocycles. The van der Waals surface area contributed by atoms with E-state index in [-0.39, 0.29) is 17.7 Å². The molecule has 0 bridgehead atoms. The Kier molecular flexibility index (Phi) is 4.27. The molecule has 2 aliphatic rings. The minimum Gasteiger partial charge on any atom is -0.322 e. The molecule has 134 valence electrons. The highest BCUT2D eigenvalue weighted by Crippen LogP contribution is 2.37. The quantitative estimate of drug-likeness (QED) is 0.902. The Morgan fingerprint density at radius 3 is 2.46 bits per heavy atom. The van der Waals surface area contributed by atoms with E-state index in [0.29, 0.717) is 5.56 Å². The van der Waals surface area contributed by atoms with Gasteiger partial charge in [-0.05, 0) is 69.4 Å². The highest BCUT2D eigenvalue weighted by Gasteiger charge is 2.35. The van der Waals surface area contributed by atoms with Crippen molar-refractivity contribution in [2.24, 2.45) is 5.92 Å². The van der Waals surface area contributed by atoms with E-state index in [1.165, 1.54) is 5.56 Å². The van der Waals surface area contributed by atoms with Gasteiger partial charge in [-0.3, -0.25) is 9.59 Å². The molecule has 2 amide bonds. The Hall–Kier alpha value is -2.62. The number of nitrogens with one attached hydrogen (secondary N) is 1. The Balaban J connectivity index is 1.59. The molecular formula is C22H24N2O2. The summed E-state index contributed by atoms with van der Waals surface area (Å²) in [6.45, 7) is 4.75. The van der Waals surface area contributed by atoms with E-state index in [2.05, 4.69) is 11.4 Å². The summed E-state index contributed by atoms with van der Waals surface area (Å²) in [5.74, 6) is 0.325. The van der Waals surface area contributed by atoms with Gasteiger partial charge in [0.25, 0.3) is 5.91 Å². The van der Waals surface area contributed by atoms with Crippen molar-refractivity contribution in [2.75, 3.05) is 16.8 Å². The van der Waals surface area contributed by atoms with Crippen molar-refractivity contribution in [2.45, 2.75) is 39.5 Å². The number of aryl methyl sites for hydroxylation is 3. The van der Waals surface area contributed by atoms with Crippen LogP contribution in [-0.4, -0.2) is 18.4 Å². The summed E-state index contributed by atoms with van der Waals surface area (Å²) < 4.78 is 0. The maximum absolute atomic E-state index is 12.6. The van der Waals surface area contributed by atoms with Crippen LogP contribution in [0.5, 0.6) is 0 Å². The second-order valence-corrected chi connectivity index (χ2v) is 7.54. The van der Waals surface area contributed by atoms with Crippen LogP contribution in [-0.2, 0) is 11.2 Å². The Bertz CT molecular complexity index is 863. The lowest BCUT2D eigenvalue weighted by molar-refractivity contribution is -0.119. The lowest BCUT2D eigenvalue weighted by atomic mass is 10.0. The summed E-state index contributed by atoms with van der Waals surface area (Å²) in [7, 11) is 0. The molecule has 4 rings (SSSR count). The van der Waals surface area contributed by atoms with Crippen LogP contribution in [0.25, 0.3) is 0 Å². The number of hydrogen-bond donors (Lipinski definition) is 1. The second-order valence-electron chi connectivity index (χ2n) is 7.54. The molecule has 2 aromatic carbocycles. The molecule has 0 radical (unpaired) electrons. The monoisotopic (exact) mass is 348 g/mol. The van der Waals surface area contributed by atoms with E-state index in [1.807, 2.05) is 49.1 Å². The number of rotatable bonds is 3. The number of hydrogen-bond acceptors (Lipinski definition) is 2. The second kappa shape index (κ2) is 6.60. The van der Waals surface area contributed by atoms with E-state index in [1.54, 1.807) is 0 Å². The van der Waals surface area contributed by atoms with Gasteiger partial charge < -0.3 is 10.2 Å². The van der Waals surface area contributed by atoms with Crippen molar-refractivity contribution in [1.82, 2.24) is 0 Å². The minimum atomic E-state index is -0.118. The highest BCUT2D eigenvalue weighted by atomic mass is 16.2. The van der Waals surface area contributed by atoms with Gasteiger partial charge in [-0.15, -0.1) is 0 Å². The van der Waals surface area contributed by atoms with Crippen molar-refractivity contribution >= 4 is 23.2 Å². The van der Waals surface area contributed by atoms with Crippen molar-refractivity contribution in [3.05, 3.63) is 58.7 Å². The predicted molar refractivity (Wildman–Crippen MR) is 104 cm³/mol. The van der Waals surface area contributed by atoms with Gasteiger partial charge in [-0.1, -0.05) is 23.3 Å². The molecule has 1 aliphatic carbocycles. The normalized spacial score (nSPS) is 16.2. The van der Waals surface area contributed by atoms with Crippen LogP contribution < -0.4 is 10.2 Å². The van der Waals surface area contributed by atoms with E-state index in [4.69, 9.17) is 0 Å². The van der Waals surface area contributed by atoms with Gasteiger partial charge in [0.1, 0.15) is 0 Å². The Labute approximate surface area is 154 Å². The van der Waals surface area contributed by atoms with E-state index < -0.39 is 0 Å². The molecule has 1 aliphatic heterocycles. The number of amides is 2. The molecule has 1 heterocycles. The topological polar surface area (TPSA) is 49.4 Å². The van der Waals surface area contributed by atoms with Gasteiger partial charge in [-0.25, -0.2) is 0 Å². The van der Waals surface area contributed by atoms with Gasteiger partial charge in [0.15, 0.2) is 0 Å². The molecule has 2 aromatic rings. The minimum absolute atomic E-state index is 0.118. The van der Waals surface area contributed by atoms with Crippen molar-refractivity contribution in [3.63, 3.8) is 0 Å². The first kappa shape index (κ1) is 16.8. The Morgan fingerprint density at radius 1 is 1.04 bits per heavy atom. The summed E-state index contributed by atoms with van der Waals surface area (Å²) in [6, 6.07) is 11.8. The van der Waals surface area contributed by atoms with Crippen LogP contribution in [0.15, 0.2) is 36.4 Å². The van der Waals surface area contributed by atoms with Crippen LogP contribution >= 0.6 is 0 Å². The Morgan fingerprint density at radius 2 is 1.77 bits per heavy atom. The SMILES string of the molecule is Cc1cc(C)cc(C(=O)Nc2ccc3c(c2)N(C(=O)C2CC2)CCC3)c1. The van der Waals surface area contributed by atoms with Crippen LogP contribution in [0.3, 0.4) is 0 Å². The van der Waals surface area contributed by atoms with Gasteiger partial charge in [0.05, 0.1) is 0 Å².